The van der Waals surface area contributed by atoms with Crippen LogP contribution >= 0.6 is 15.9 Å². The van der Waals surface area contributed by atoms with E-state index in [0.717, 1.165) is 11.8 Å². The van der Waals surface area contributed by atoms with Gasteiger partial charge in [0.05, 0.1) is 6.07 Å². The van der Waals surface area contributed by atoms with Gasteiger partial charge >= 0.3 is 0 Å². The Morgan fingerprint density at radius 3 is 2.29 bits per heavy atom. The number of alkyl halides is 1. The zero-order valence-electron chi connectivity index (χ0n) is 4.15. The maximum absolute atomic E-state index is 7.93. The first kappa shape index (κ1) is 10.6. The zero-order chi connectivity index (χ0) is 4.83. The van der Waals surface area contributed by atoms with Gasteiger partial charge in [-0.3, -0.25) is 0 Å². The summed E-state index contributed by atoms with van der Waals surface area (Å²) in [5.41, 5.74) is 0. The molecule has 0 unspecified atom stereocenters. The second kappa shape index (κ2) is 9.78. The van der Waals surface area contributed by atoms with E-state index in [1.165, 1.54) is 0 Å². The average molecular weight is 213 g/mol. The van der Waals surface area contributed by atoms with E-state index >= 15 is 0 Å². The quantitative estimate of drug-likeness (QED) is 0.389. The van der Waals surface area contributed by atoms with Gasteiger partial charge in [0.15, 0.2) is 0 Å². The smallest absolute Gasteiger partial charge is 0.0622 e. The summed E-state index contributed by atoms with van der Waals surface area (Å²) in [5, 5.41) is 8.87. The number of halogens is 1. The van der Waals surface area contributed by atoms with Crippen LogP contribution < -0.4 is 0 Å². The summed E-state index contributed by atoms with van der Waals surface area (Å²) in [6.45, 7) is 0. The van der Waals surface area contributed by atoms with Crippen LogP contribution in [-0.2, 0) is 19.5 Å². The second-order valence-corrected chi connectivity index (χ2v) is 1.74. The molecule has 0 rings (SSSR count). The van der Waals surface area contributed by atoms with Gasteiger partial charge in [-0.1, -0.05) is 15.9 Å². The van der Waals surface area contributed by atoms with Gasteiger partial charge < -0.3 is 0 Å². The molecule has 0 N–H and O–H groups in total. The van der Waals surface area contributed by atoms with Crippen molar-refractivity contribution in [3.63, 3.8) is 0 Å². The molecule has 7 heavy (non-hydrogen) atoms. The summed E-state index contributed by atoms with van der Waals surface area (Å²) in [4.78, 5) is 0. The molecule has 3 heteroatoms. The first-order chi connectivity index (χ1) is 2.91. The molecule has 0 saturated heterocycles. The van der Waals surface area contributed by atoms with Crippen LogP contribution in [0.25, 0.3) is 0 Å². The molecule has 0 radical (unpaired) electrons. The predicted octanol–water partition coefficient (Wildman–Crippen LogP) is 1.68. The third-order valence-electron chi connectivity index (χ3n) is 0.422. The third-order valence-corrected chi connectivity index (χ3v) is 0.983. The third kappa shape index (κ3) is 10.8. The molecule has 0 saturated carbocycles. The number of nitriles is 1. The summed E-state index contributed by atoms with van der Waals surface area (Å²) >= 11 is 3.20. The number of unbranched alkanes of at least 4 members (excludes halogenated alkanes) is 1. The molecule has 0 atom stereocenters. The Kier molecular flexibility index (Phi) is 14.7. The Morgan fingerprint density at radius 2 is 2.14 bits per heavy atom. The topological polar surface area (TPSA) is 23.8 Å². The van der Waals surface area contributed by atoms with Crippen LogP contribution in [0.1, 0.15) is 12.8 Å². The van der Waals surface area contributed by atoms with Gasteiger partial charge in [-0.25, -0.2) is 0 Å². The van der Waals surface area contributed by atoms with Crippen molar-refractivity contribution in [3.05, 3.63) is 0 Å². The largest absolute Gasteiger partial charge is 0.198 e. The van der Waals surface area contributed by atoms with E-state index in [1.54, 1.807) is 0 Å². The SMILES string of the molecule is N#CCCCBr.[Zn]. The van der Waals surface area contributed by atoms with Gasteiger partial charge in [-0.05, 0) is 6.42 Å². The number of nitrogens with zero attached hydrogens (tertiary/aromatic N) is 1. The van der Waals surface area contributed by atoms with Gasteiger partial charge in [0, 0.05) is 31.2 Å². The van der Waals surface area contributed by atoms with E-state index in [1.807, 2.05) is 6.07 Å². The second-order valence-electron chi connectivity index (χ2n) is 0.951. The minimum Gasteiger partial charge on any atom is -0.198 e. The Bertz CT molecular complexity index is 59.2. The van der Waals surface area contributed by atoms with E-state index in [-0.39, 0.29) is 19.5 Å². The average Bonchev–Trinajstić information content (AvgIpc) is 1.61. The summed E-state index contributed by atoms with van der Waals surface area (Å²) < 4.78 is 0. The fourth-order valence-corrected chi connectivity index (χ4v) is 0.426. The number of hydrogen-bond donors (Lipinski definition) is 0. The van der Waals surface area contributed by atoms with Crippen LogP contribution in [0.3, 0.4) is 0 Å². The van der Waals surface area contributed by atoms with E-state index in [4.69, 9.17) is 5.26 Å². The van der Waals surface area contributed by atoms with Crippen LogP contribution in [0.4, 0.5) is 0 Å². The molecule has 0 spiro atoms. The van der Waals surface area contributed by atoms with Gasteiger partial charge in [0.2, 0.25) is 0 Å². The molecule has 1 nitrogen and oxygen atoms in total. The van der Waals surface area contributed by atoms with Gasteiger partial charge in [-0.15, -0.1) is 0 Å². The van der Waals surface area contributed by atoms with Gasteiger partial charge in [-0.2, -0.15) is 5.26 Å². The minimum atomic E-state index is 0. The molecule has 0 aliphatic rings. The summed E-state index contributed by atoms with van der Waals surface area (Å²) in [5.74, 6) is 0. The molecule has 0 aromatic rings. The summed E-state index contributed by atoms with van der Waals surface area (Å²) in [6, 6.07) is 2.04. The van der Waals surface area contributed by atoms with Crippen molar-refractivity contribution in [2.24, 2.45) is 0 Å². The molecule has 0 aromatic carbocycles. The number of hydrogen-bond acceptors (Lipinski definition) is 1. The van der Waals surface area contributed by atoms with Gasteiger partial charge in [0.25, 0.3) is 0 Å². The van der Waals surface area contributed by atoms with Crippen molar-refractivity contribution in [3.8, 4) is 6.07 Å². The number of rotatable bonds is 2. The molecule has 0 heterocycles. The standard InChI is InChI=1S/C4H6BrN.Zn/c5-3-1-2-4-6;/h1-3H2;. The van der Waals surface area contributed by atoms with Crippen molar-refractivity contribution in [1.29, 1.82) is 5.26 Å². The normalized spacial score (nSPS) is 6.29. The van der Waals surface area contributed by atoms with Crippen molar-refractivity contribution in [2.75, 3.05) is 5.33 Å². The minimum absolute atomic E-state index is 0. The first-order valence-electron chi connectivity index (χ1n) is 1.84. The van der Waals surface area contributed by atoms with Crippen LogP contribution in [0.15, 0.2) is 0 Å². The Morgan fingerprint density at radius 1 is 1.57 bits per heavy atom. The molecule has 36 valence electrons. The molecule has 0 amide bonds. The molecule has 0 fully saturated rings. The van der Waals surface area contributed by atoms with Crippen LogP contribution in [0.5, 0.6) is 0 Å². The Balaban J connectivity index is 0. The zero-order valence-corrected chi connectivity index (χ0v) is 8.71. The van der Waals surface area contributed by atoms with Crippen molar-refractivity contribution < 1.29 is 19.5 Å². The summed E-state index contributed by atoms with van der Waals surface area (Å²) in [7, 11) is 0. The molecular formula is C4H6BrNZn. The predicted molar refractivity (Wildman–Crippen MR) is 28.6 cm³/mol. The summed E-state index contributed by atoms with van der Waals surface area (Å²) in [6.07, 6.45) is 1.64. The fraction of sp³-hybridized carbons (Fsp3) is 0.750. The monoisotopic (exact) mass is 211 g/mol. The molecule has 0 aromatic heterocycles. The van der Waals surface area contributed by atoms with E-state index < -0.39 is 0 Å². The van der Waals surface area contributed by atoms with Gasteiger partial charge in [0.1, 0.15) is 0 Å². The molecule has 0 aliphatic carbocycles. The van der Waals surface area contributed by atoms with Crippen LogP contribution in [0, 0.1) is 11.3 Å². The fourth-order valence-electron chi connectivity index (χ4n) is 0.146. The molecular weight excluding hydrogens is 207 g/mol. The van der Waals surface area contributed by atoms with E-state index in [0.29, 0.717) is 6.42 Å². The van der Waals surface area contributed by atoms with E-state index in [2.05, 4.69) is 15.9 Å². The maximum atomic E-state index is 7.93. The Labute approximate surface area is 65.0 Å². The van der Waals surface area contributed by atoms with Crippen LogP contribution in [0.2, 0.25) is 0 Å². The molecule has 0 aliphatic heterocycles. The van der Waals surface area contributed by atoms with Crippen molar-refractivity contribution in [1.82, 2.24) is 0 Å². The van der Waals surface area contributed by atoms with Crippen molar-refractivity contribution >= 4 is 15.9 Å². The van der Waals surface area contributed by atoms with E-state index in [9.17, 15) is 0 Å². The maximum Gasteiger partial charge on any atom is 0.0622 e. The molecule has 0 bridgehead atoms. The Hall–Kier alpha value is 0.593. The van der Waals surface area contributed by atoms with Crippen LogP contribution in [-0.4, -0.2) is 5.33 Å². The van der Waals surface area contributed by atoms with Crippen molar-refractivity contribution in [2.45, 2.75) is 12.8 Å². The first-order valence-corrected chi connectivity index (χ1v) is 2.97.